The van der Waals surface area contributed by atoms with Crippen LogP contribution in [0.25, 0.3) is 0 Å². The van der Waals surface area contributed by atoms with Crippen molar-refractivity contribution in [3.63, 3.8) is 0 Å². The second-order valence-corrected chi connectivity index (χ2v) is 5.43. The Morgan fingerprint density at radius 3 is 2.69 bits per heavy atom. The summed E-state index contributed by atoms with van der Waals surface area (Å²) in [5.74, 6) is 0. The molecule has 0 bridgehead atoms. The molecule has 0 saturated carbocycles. The minimum Gasteiger partial charge on any atom is -0.311 e. The molecule has 1 aliphatic heterocycles. The van der Waals surface area contributed by atoms with E-state index in [0.717, 1.165) is 12.1 Å². The van der Waals surface area contributed by atoms with Crippen LogP contribution in [0.1, 0.15) is 59.8 Å². The van der Waals surface area contributed by atoms with Crippen LogP contribution >= 0.6 is 0 Å². The average molecular weight is 226 g/mol. The van der Waals surface area contributed by atoms with Crippen molar-refractivity contribution in [1.82, 2.24) is 10.2 Å². The van der Waals surface area contributed by atoms with Gasteiger partial charge in [-0.05, 0) is 26.7 Å². The van der Waals surface area contributed by atoms with E-state index in [9.17, 15) is 0 Å². The van der Waals surface area contributed by atoms with E-state index >= 15 is 0 Å². The Morgan fingerprint density at radius 2 is 2.06 bits per heavy atom. The number of hydrogen-bond acceptors (Lipinski definition) is 2. The van der Waals surface area contributed by atoms with Crippen LogP contribution in [0.5, 0.6) is 0 Å². The summed E-state index contributed by atoms with van der Waals surface area (Å²) in [4.78, 5) is 2.71. The topological polar surface area (TPSA) is 15.3 Å². The average Bonchev–Trinajstić information content (AvgIpc) is 2.29. The van der Waals surface area contributed by atoms with Crippen molar-refractivity contribution < 1.29 is 0 Å². The van der Waals surface area contributed by atoms with E-state index in [0.29, 0.717) is 6.04 Å². The normalized spacial score (nSPS) is 29.2. The molecule has 1 heterocycles. The largest absolute Gasteiger partial charge is 0.311 e. The van der Waals surface area contributed by atoms with E-state index in [1.54, 1.807) is 0 Å². The van der Waals surface area contributed by atoms with Gasteiger partial charge in [-0.25, -0.2) is 0 Å². The minimum atomic E-state index is 0.708. The summed E-state index contributed by atoms with van der Waals surface area (Å²) in [6.45, 7) is 11.7. The predicted octanol–water partition coefficient (Wildman–Crippen LogP) is 3.03. The number of nitrogens with one attached hydrogen (secondary N) is 1. The van der Waals surface area contributed by atoms with Crippen LogP contribution in [0.2, 0.25) is 0 Å². The Morgan fingerprint density at radius 1 is 1.31 bits per heavy atom. The van der Waals surface area contributed by atoms with E-state index in [2.05, 4.69) is 37.9 Å². The van der Waals surface area contributed by atoms with Gasteiger partial charge in [0.1, 0.15) is 0 Å². The van der Waals surface area contributed by atoms with Crippen molar-refractivity contribution in [1.29, 1.82) is 0 Å². The molecule has 2 nitrogen and oxygen atoms in total. The minimum absolute atomic E-state index is 0.708. The van der Waals surface area contributed by atoms with Gasteiger partial charge in [-0.15, -0.1) is 0 Å². The summed E-state index contributed by atoms with van der Waals surface area (Å²) in [6.07, 6.45) is 6.67. The Hall–Kier alpha value is -0.0800. The first kappa shape index (κ1) is 14.0. The molecule has 0 spiro atoms. The van der Waals surface area contributed by atoms with Crippen LogP contribution in [0.15, 0.2) is 0 Å². The highest BCUT2D eigenvalue weighted by atomic mass is 15.2. The fraction of sp³-hybridized carbons (Fsp3) is 1.00. The molecule has 0 aromatic heterocycles. The third-order valence-electron chi connectivity index (χ3n) is 3.88. The lowest BCUT2D eigenvalue weighted by molar-refractivity contribution is 0.0905. The van der Waals surface area contributed by atoms with Gasteiger partial charge in [-0.2, -0.15) is 0 Å². The number of nitrogens with zero attached hydrogens (tertiary/aromatic N) is 1. The van der Waals surface area contributed by atoms with Gasteiger partial charge in [0.25, 0.3) is 0 Å². The van der Waals surface area contributed by atoms with Crippen molar-refractivity contribution in [3.05, 3.63) is 0 Å². The van der Waals surface area contributed by atoms with Gasteiger partial charge in [-0.3, -0.25) is 4.90 Å². The summed E-state index contributed by atoms with van der Waals surface area (Å²) in [7, 11) is 0. The maximum atomic E-state index is 3.67. The summed E-state index contributed by atoms with van der Waals surface area (Å²) in [6, 6.07) is 2.20. The summed E-state index contributed by atoms with van der Waals surface area (Å²) in [5.41, 5.74) is 0. The molecule has 0 aliphatic carbocycles. The molecule has 0 radical (unpaired) electrons. The van der Waals surface area contributed by atoms with Crippen LogP contribution in [0.3, 0.4) is 0 Å². The molecule has 1 saturated heterocycles. The number of rotatable bonds is 6. The lowest BCUT2D eigenvalue weighted by Gasteiger charge is -2.42. The van der Waals surface area contributed by atoms with E-state index in [4.69, 9.17) is 0 Å². The number of hydrogen-bond donors (Lipinski definition) is 1. The van der Waals surface area contributed by atoms with Gasteiger partial charge in [-0.1, -0.05) is 33.1 Å². The Kier molecular flexibility index (Phi) is 6.37. The first-order chi connectivity index (χ1) is 7.69. The fourth-order valence-electron chi connectivity index (χ4n) is 2.77. The van der Waals surface area contributed by atoms with Crippen molar-refractivity contribution in [2.45, 2.75) is 77.9 Å². The lowest BCUT2D eigenvalue weighted by atomic mass is 10.0. The predicted molar refractivity (Wildman–Crippen MR) is 71.9 cm³/mol. The van der Waals surface area contributed by atoms with Gasteiger partial charge in [0.15, 0.2) is 0 Å². The summed E-state index contributed by atoms with van der Waals surface area (Å²) >= 11 is 0. The molecule has 1 N–H and O–H groups in total. The fourth-order valence-corrected chi connectivity index (χ4v) is 2.77. The molecule has 16 heavy (non-hydrogen) atoms. The van der Waals surface area contributed by atoms with Crippen molar-refractivity contribution in [2.24, 2.45) is 0 Å². The first-order valence-corrected chi connectivity index (χ1v) is 7.18. The Balaban J connectivity index is 2.41. The van der Waals surface area contributed by atoms with Gasteiger partial charge in [0.2, 0.25) is 0 Å². The van der Waals surface area contributed by atoms with Crippen LogP contribution in [-0.4, -0.2) is 36.1 Å². The van der Waals surface area contributed by atoms with Gasteiger partial charge in [0, 0.05) is 31.2 Å². The second-order valence-electron chi connectivity index (χ2n) is 5.43. The van der Waals surface area contributed by atoms with E-state index in [1.807, 2.05) is 0 Å². The molecule has 0 aromatic carbocycles. The maximum Gasteiger partial charge on any atom is 0.0195 e. The molecule has 96 valence electrons. The molecule has 2 heteroatoms. The van der Waals surface area contributed by atoms with Crippen LogP contribution in [0, 0.1) is 0 Å². The standard InChI is InChI=1S/C14H30N2/c1-5-7-9-12(3)16-11-14(8-6-2)15-10-13(16)4/h12-15H,5-11H2,1-4H3. The highest BCUT2D eigenvalue weighted by molar-refractivity contribution is 4.86. The summed E-state index contributed by atoms with van der Waals surface area (Å²) in [5, 5.41) is 3.67. The van der Waals surface area contributed by atoms with E-state index in [1.165, 1.54) is 45.2 Å². The zero-order valence-corrected chi connectivity index (χ0v) is 11.6. The molecule has 1 rings (SSSR count). The molecule has 1 fully saturated rings. The number of unbranched alkanes of at least 4 members (excludes halogenated alkanes) is 1. The first-order valence-electron chi connectivity index (χ1n) is 7.18. The molecule has 0 amide bonds. The zero-order chi connectivity index (χ0) is 12.0. The molecule has 1 aliphatic rings. The third kappa shape index (κ3) is 4.06. The molecule has 0 aromatic rings. The monoisotopic (exact) mass is 226 g/mol. The van der Waals surface area contributed by atoms with Crippen LogP contribution < -0.4 is 5.32 Å². The highest BCUT2D eigenvalue weighted by Gasteiger charge is 2.27. The Bertz CT molecular complexity index is 182. The number of piperazine rings is 1. The van der Waals surface area contributed by atoms with Gasteiger partial charge < -0.3 is 5.32 Å². The van der Waals surface area contributed by atoms with Crippen molar-refractivity contribution in [2.75, 3.05) is 13.1 Å². The lowest BCUT2D eigenvalue weighted by Crippen LogP contribution is -2.57. The molecule has 3 unspecified atom stereocenters. The third-order valence-corrected chi connectivity index (χ3v) is 3.88. The molecule has 3 atom stereocenters. The van der Waals surface area contributed by atoms with E-state index < -0.39 is 0 Å². The van der Waals surface area contributed by atoms with Crippen LogP contribution in [0.4, 0.5) is 0 Å². The van der Waals surface area contributed by atoms with Gasteiger partial charge in [0.05, 0.1) is 0 Å². The Labute approximate surface area is 102 Å². The molecular formula is C14H30N2. The smallest absolute Gasteiger partial charge is 0.0195 e. The second kappa shape index (κ2) is 7.29. The van der Waals surface area contributed by atoms with Crippen molar-refractivity contribution >= 4 is 0 Å². The van der Waals surface area contributed by atoms with Crippen molar-refractivity contribution in [3.8, 4) is 0 Å². The molecular weight excluding hydrogens is 196 g/mol. The van der Waals surface area contributed by atoms with Crippen LogP contribution in [-0.2, 0) is 0 Å². The van der Waals surface area contributed by atoms with E-state index in [-0.39, 0.29) is 0 Å². The SMILES string of the molecule is CCCCC(C)N1CC(CCC)NCC1C. The maximum absolute atomic E-state index is 3.67. The zero-order valence-electron chi connectivity index (χ0n) is 11.6. The quantitative estimate of drug-likeness (QED) is 0.749. The highest BCUT2D eigenvalue weighted by Crippen LogP contribution is 2.17. The van der Waals surface area contributed by atoms with Gasteiger partial charge >= 0.3 is 0 Å². The summed E-state index contributed by atoms with van der Waals surface area (Å²) < 4.78 is 0.